The minimum Gasteiger partial charge on any atom is -0.481 e. The Labute approximate surface area is 194 Å². The molecule has 34 heavy (non-hydrogen) atoms. The molecular weight excluding hydrogens is 456 g/mol. The normalized spacial score (nSPS) is 17.8. The van der Waals surface area contributed by atoms with Crippen LogP contribution in [0.2, 0.25) is 0 Å². The van der Waals surface area contributed by atoms with Crippen molar-refractivity contribution in [1.29, 1.82) is 0 Å². The van der Waals surface area contributed by atoms with Gasteiger partial charge in [0.15, 0.2) is 0 Å². The van der Waals surface area contributed by atoms with Gasteiger partial charge in [0, 0.05) is 19.4 Å². The van der Waals surface area contributed by atoms with Gasteiger partial charge in [0.05, 0.1) is 12.5 Å². The fourth-order valence-electron chi connectivity index (χ4n) is 3.42. The van der Waals surface area contributed by atoms with E-state index in [1.807, 2.05) is 0 Å². The molecule has 0 saturated carbocycles. The lowest BCUT2D eigenvalue weighted by Crippen LogP contribution is -2.57. The zero-order valence-corrected chi connectivity index (χ0v) is 18.4. The Bertz CT molecular complexity index is 833. The maximum Gasteiger partial charge on any atom is 0.326 e. The maximum absolute atomic E-state index is 13.1. The molecule has 5 amide bonds. The van der Waals surface area contributed by atoms with Gasteiger partial charge in [-0.2, -0.15) is 0 Å². The Hall–Kier alpha value is -3.75. The van der Waals surface area contributed by atoms with Gasteiger partial charge in [-0.1, -0.05) is 0 Å². The zero-order chi connectivity index (χ0) is 26.0. The van der Waals surface area contributed by atoms with Gasteiger partial charge in [-0.3, -0.25) is 28.8 Å². The Morgan fingerprint density at radius 3 is 1.97 bits per heavy atom. The summed E-state index contributed by atoms with van der Waals surface area (Å²) in [4.78, 5) is 83.6. The molecule has 1 aliphatic rings. The molecule has 1 rings (SSSR count). The number of hydrogen-bond donors (Lipinski definition) is 7. The molecule has 15 nitrogen and oxygen atoms in total. The lowest BCUT2D eigenvalue weighted by Gasteiger charge is -2.29. The molecule has 190 valence electrons. The topological polar surface area (TPSA) is 265 Å². The van der Waals surface area contributed by atoms with Crippen LogP contribution >= 0.6 is 0 Å². The Kier molecular flexibility index (Phi) is 10.9. The minimum absolute atomic E-state index is 0.111. The number of carbonyl (C=O) groups is 7. The van der Waals surface area contributed by atoms with E-state index in [-0.39, 0.29) is 38.6 Å². The maximum atomic E-state index is 13.1. The average molecular weight is 486 g/mol. The second kappa shape index (κ2) is 13.1. The summed E-state index contributed by atoms with van der Waals surface area (Å²) in [5.41, 5.74) is 15.7. The summed E-state index contributed by atoms with van der Waals surface area (Å²) >= 11 is 0. The summed E-state index contributed by atoms with van der Waals surface area (Å²) in [5.74, 6) is -6.66. The van der Waals surface area contributed by atoms with E-state index < -0.39 is 72.1 Å². The van der Waals surface area contributed by atoms with Gasteiger partial charge in [-0.15, -0.1) is 0 Å². The van der Waals surface area contributed by atoms with Crippen molar-refractivity contribution in [3.8, 4) is 0 Å². The smallest absolute Gasteiger partial charge is 0.326 e. The molecule has 1 aliphatic heterocycles. The summed E-state index contributed by atoms with van der Waals surface area (Å²) in [7, 11) is 0. The lowest BCUT2D eigenvalue weighted by atomic mass is 10.1. The van der Waals surface area contributed by atoms with Crippen molar-refractivity contribution in [2.75, 3.05) is 6.54 Å². The first-order valence-corrected chi connectivity index (χ1v) is 10.5. The number of carboxylic acid groups (broad SMARTS) is 2. The van der Waals surface area contributed by atoms with Crippen molar-refractivity contribution in [3.05, 3.63) is 0 Å². The third-order valence-electron chi connectivity index (χ3n) is 5.16. The van der Waals surface area contributed by atoms with Crippen molar-refractivity contribution in [2.45, 2.75) is 69.1 Å². The van der Waals surface area contributed by atoms with Gasteiger partial charge >= 0.3 is 11.9 Å². The Balaban J connectivity index is 2.97. The molecule has 10 N–H and O–H groups in total. The number of primary amides is 2. The minimum atomic E-state index is -1.46. The van der Waals surface area contributed by atoms with Gasteiger partial charge in [0.25, 0.3) is 0 Å². The first-order chi connectivity index (χ1) is 15.8. The summed E-state index contributed by atoms with van der Waals surface area (Å²) in [6, 6.07) is -5.25. The third-order valence-corrected chi connectivity index (χ3v) is 5.16. The number of carbonyl (C=O) groups excluding carboxylic acids is 5. The van der Waals surface area contributed by atoms with Crippen LogP contribution in [0.4, 0.5) is 0 Å². The first-order valence-electron chi connectivity index (χ1n) is 10.5. The number of nitrogens with one attached hydrogen (secondary N) is 2. The summed E-state index contributed by atoms with van der Waals surface area (Å²) in [5, 5.41) is 22.7. The van der Waals surface area contributed by atoms with Crippen molar-refractivity contribution < 1.29 is 43.8 Å². The van der Waals surface area contributed by atoms with E-state index in [0.717, 1.165) is 4.90 Å². The molecule has 0 aliphatic carbocycles. The van der Waals surface area contributed by atoms with E-state index in [1.165, 1.54) is 0 Å². The van der Waals surface area contributed by atoms with Crippen LogP contribution in [-0.2, 0) is 33.6 Å². The number of likely N-dealkylation sites (tertiary alicyclic amines) is 1. The van der Waals surface area contributed by atoms with Crippen LogP contribution in [0.15, 0.2) is 0 Å². The summed E-state index contributed by atoms with van der Waals surface area (Å²) in [6.07, 6.45) is -1.12. The Morgan fingerprint density at radius 2 is 1.47 bits per heavy atom. The SMILES string of the molecule is NC(=O)CCC(NC(=O)C1CCCN1C(=O)C(CCC(N)=O)NC(=O)C(N)CC(=O)O)C(=O)O. The van der Waals surface area contributed by atoms with Crippen molar-refractivity contribution in [3.63, 3.8) is 0 Å². The predicted octanol–water partition coefficient (Wildman–Crippen LogP) is -3.64. The largest absolute Gasteiger partial charge is 0.481 e. The van der Waals surface area contributed by atoms with Crippen molar-refractivity contribution >= 4 is 41.5 Å². The molecular formula is C19H30N6O9. The molecule has 0 spiro atoms. The summed E-state index contributed by atoms with van der Waals surface area (Å²) < 4.78 is 0. The highest BCUT2D eigenvalue weighted by atomic mass is 16.4. The first kappa shape index (κ1) is 28.3. The number of amides is 5. The van der Waals surface area contributed by atoms with Crippen molar-refractivity contribution in [2.24, 2.45) is 17.2 Å². The molecule has 4 atom stereocenters. The van der Waals surface area contributed by atoms with Crippen LogP contribution in [0.25, 0.3) is 0 Å². The van der Waals surface area contributed by atoms with E-state index in [2.05, 4.69) is 10.6 Å². The lowest BCUT2D eigenvalue weighted by molar-refractivity contribution is -0.145. The Morgan fingerprint density at radius 1 is 0.912 bits per heavy atom. The molecule has 0 aromatic heterocycles. The molecule has 1 heterocycles. The fourth-order valence-corrected chi connectivity index (χ4v) is 3.42. The molecule has 1 saturated heterocycles. The zero-order valence-electron chi connectivity index (χ0n) is 18.4. The second-order valence-corrected chi connectivity index (χ2v) is 7.86. The second-order valence-electron chi connectivity index (χ2n) is 7.86. The highest BCUT2D eigenvalue weighted by molar-refractivity contribution is 5.95. The quantitative estimate of drug-likeness (QED) is 0.126. The van der Waals surface area contributed by atoms with Gasteiger partial charge in [-0.25, -0.2) is 4.79 Å². The van der Waals surface area contributed by atoms with Gasteiger partial charge in [-0.05, 0) is 25.7 Å². The average Bonchev–Trinajstić information content (AvgIpc) is 3.22. The number of nitrogens with two attached hydrogens (primary N) is 3. The number of nitrogens with zero attached hydrogens (tertiary/aromatic N) is 1. The number of hydrogen-bond acceptors (Lipinski definition) is 8. The van der Waals surface area contributed by atoms with E-state index in [4.69, 9.17) is 22.3 Å². The molecule has 0 aromatic carbocycles. The van der Waals surface area contributed by atoms with Crippen LogP contribution < -0.4 is 27.8 Å². The van der Waals surface area contributed by atoms with Crippen LogP contribution in [0.1, 0.15) is 44.9 Å². The number of carboxylic acids is 2. The van der Waals surface area contributed by atoms with Crippen LogP contribution in [0, 0.1) is 0 Å². The number of aliphatic carboxylic acids is 2. The van der Waals surface area contributed by atoms with Gasteiger partial charge < -0.3 is 42.9 Å². The monoisotopic (exact) mass is 486 g/mol. The fraction of sp³-hybridized carbons (Fsp3) is 0.632. The van der Waals surface area contributed by atoms with E-state index in [9.17, 15) is 38.7 Å². The highest BCUT2D eigenvalue weighted by Crippen LogP contribution is 2.20. The number of rotatable bonds is 14. The van der Waals surface area contributed by atoms with E-state index >= 15 is 0 Å². The van der Waals surface area contributed by atoms with Gasteiger partial charge in [0.2, 0.25) is 29.5 Å². The molecule has 0 radical (unpaired) electrons. The van der Waals surface area contributed by atoms with E-state index in [1.54, 1.807) is 0 Å². The molecule has 1 fully saturated rings. The van der Waals surface area contributed by atoms with Crippen LogP contribution in [0.3, 0.4) is 0 Å². The standard InChI is InChI=1S/C19H30N6O9/c20-9(8-15(28)29)16(30)23-10(3-5-13(21)26)18(32)25-7-1-2-12(25)17(31)24-11(19(33)34)4-6-14(22)27/h9-12H,1-8,20H2,(H2,21,26)(H2,22,27)(H,23,30)(H,24,31)(H,28,29)(H,33,34). The summed E-state index contributed by atoms with van der Waals surface area (Å²) in [6.45, 7) is 0.111. The highest BCUT2D eigenvalue weighted by Gasteiger charge is 2.39. The molecule has 4 unspecified atom stereocenters. The van der Waals surface area contributed by atoms with E-state index in [0.29, 0.717) is 6.42 Å². The third kappa shape index (κ3) is 9.01. The van der Waals surface area contributed by atoms with Crippen molar-refractivity contribution in [1.82, 2.24) is 15.5 Å². The molecule has 0 aromatic rings. The predicted molar refractivity (Wildman–Crippen MR) is 113 cm³/mol. The van der Waals surface area contributed by atoms with Crippen LogP contribution in [0.5, 0.6) is 0 Å². The molecule has 0 bridgehead atoms. The molecule has 15 heteroatoms. The van der Waals surface area contributed by atoms with Crippen LogP contribution in [-0.4, -0.2) is 87.3 Å². The van der Waals surface area contributed by atoms with Gasteiger partial charge in [0.1, 0.15) is 18.1 Å².